The minimum Gasteiger partial charge on any atom is -0.361 e. The van der Waals surface area contributed by atoms with E-state index in [9.17, 15) is 13.2 Å². The summed E-state index contributed by atoms with van der Waals surface area (Å²) in [4.78, 5) is 15.9. The number of nitrogens with one attached hydrogen (secondary N) is 2. The summed E-state index contributed by atoms with van der Waals surface area (Å²) >= 11 is 1.60. The summed E-state index contributed by atoms with van der Waals surface area (Å²) in [5.41, 5.74) is 2.56. The molecule has 0 amide bonds. The van der Waals surface area contributed by atoms with Gasteiger partial charge in [-0.15, -0.1) is 11.3 Å². The number of rotatable bonds is 7. The van der Waals surface area contributed by atoms with Crippen molar-refractivity contribution >= 4 is 38.0 Å². The highest BCUT2D eigenvalue weighted by atomic mass is 32.2. The van der Waals surface area contributed by atoms with Gasteiger partial charge in [0.15, 0.2) is 5.78 Å². The largest absolute Gasteiger partial charge is 0.361 e. The molecule has 148 valence electrons. The Morgan fingerprint density at radius 3 is 2.52 bits per heavy atom. The first-order valence-corrected chi connectivity index (χ1v) is 11.5. The molecule has 2 N–H and O–H groups in total. The maximum Gasteiger partial charge on any atom is 0.240 e. The molecule has 2 aromatic carbocycles. The number of carbonyl (C=O) groups excluding carboxylic acids is 1. The summed E-state index contributed by atoms with van der Waals surface area (Å²) in [7, 11) is -3.70. The van der Waals surface area contributed by atoms with Gasteiger partial charge in [0, 0.05) is 40.0 Å². The van der Waals surface area contributed by atoms with Gasteiger partial charge in [0.25, 0.3) is 0 Å². The third-order valence-corrected chi connectivity index (χ3v) is 7.36. The van der Waals surface area contributed by atoms with Crippen molar-refractivity contribution in [3.63, 3.8) is 0 Å². The minimum absolute atomic E-state index is 0.0981. The van der Waals surface area contributed by atoms with Crippen LogP contribution in [0.1, 0.15) is 33.6 Å². The molecule has 0 aliphatic rings. The number of ketones is 1. The summed E-state index contributed by atoms with van der Waals surface area (Å²) in [6.07, 6.45) is 1.95. The van der Waals surface area contributed by atoms with Crippen LogP contribution < -0.4 is 4.72 Å². The molecule has 0 saturated carbocycles. The van der Waals surface area contributed by atoms with Crippen molar-refractivity contribution in [2.45, 2.75) is 17.7 Å². The molecule has 0 bridgehead atoms. The first-order chi connectivity index (χ1) is 14.0. The molecule has 7 heteroatoms. The number of para-hydroxylation sites is 1. The molecule has 5 nitrogen and oxygen atoms in total. The lowest BCUT2D eigenvalue weighted by atomic mass is 9.97. The van der Waals surface area contributed by atoms with Crippen molar-refractivity contribution < 1.29 is 13.2 Å². The first-order valence-electron chi connectivity index (χ1n) is 9.16. The molecule has 1 unspecified atom stereocenters. The lowest BCUT2D eigenvalue weighted by Crippen LogP contribution is -2.28. The quantitative estimate of drug-likeness (QED) is 0.428. The van der Waals surface area contributed by atoms with E-state index in [1.54, 1.807) is 11.3 Å². The van der Waals surface area contributed by atoms with E-state index in [-0.39, 0.29) is 23.1 Å². The van der Waals surface area contributed by atoms with Gasteiger partial charge >= 0.3 is 0 Å². The molecule has 29 heavy (non-hydrogen) atoms. The maximum atomic E-state index is 12.8. The van der Waals surface area contributed by atoms with Crippen molar-refractivity contribution in [2.24, 2.45) is 0 Å². The third-order valence-electron chi connectivity index (χ3n) is 4.93. The summed E-state index contributed by atoms with van der Waals surface area (Å²) in [5, 5.41) is 3.07. The van der Waals surface area contributed by atoms with Crippen LogP contribution in [0, 0.1) is 0 Å². The highest BCUT2D eigenvalue weighted by Gasteiger charge is 2.22. The van der Waals surface area contributed by atoms with E-state index < -0.39 is 10.0 Å². The van der Waals surface area contributed by atoms with Gasteiger partial charge in [-0.3, -0.25) is 4.79 Å². The van der Waals surface area contributed by atoms with Gasteiger partial charge in [0.1, 0.15) is 0 Å². The number of Topliss-reactive ketones (excluding diaryl/α,β-unsaturated/α-hetero) is 1. The molecule has 4 aromatic rings. The molecule has 0 fully saturated rings. The molecule has 0 saturated heterocycles. The number of thiophene rings is 1. The number of fused-ring (bicyclic) bond motifs is 1. The van der Waals surface area contributed by atoms with Gasteiger partial charge in [0.05, 0.1) is 4.90 Å². The predicted molar refractivity (Wildman–Crippen MR) is 116 cm³/mol. The molecular weight excluding hydrogens is 404 g/mol. The highest BCUT2D eigenvalue weighted by molar-refractivity contribution is 7.89. The number of H-pyrrole nitrogens is 1. The normalized spacial score (nSPS) is 12.9. The fraction of sp³-hybridized carbons (Fsp3) is 0.136. The number of aromatic amines is 1. The lowest BCUT2D eigenvalue weighted by molar-refractivity contribution is 0.101. The van der Waals surface area contributed by atoms with Crippen molar-refractivity contribution in [3.05, 3.63) is 88.2 Å². The molecule has 0 radical (unpaired) electrons. The Hall–Kier alpha value is -2.74. The SMILES string of the molecule is CC(=O)c1ccc(S(=O)(=O)NCC(c2cccs2)c2c[nH]c3ccccc23)cc1. The molecule has 4 rings (SSSR count). The third kappa shape index (κ3) is 4.03. The van der Waals surface area contributed by atoms with Gasteiger partial charge < -0.3 is 4.98 Å². The average molecular weight is 425 g/mol. The Bertz CT molecular complexity index is 1240. The molecule has 0 aliphatic heterocycles. The zero-order chi connectivity index (χ0) is 20.4. The van der Waals surface area contributed by atoms with Crippen LogP contribution in [0.5, 0.6) is 0 Å². The number of benzene rings is 2. The summed E-state index contributed by atoms with van der Waals surface area (Å²) in [6.45, 7) is 1.69. The van der Waals surface area contributed by atoms with Crippen LogP contribution >= 0.6 is 11.3 Å². The average Bonchev–Trinajstić information content (AvgIpc) is 3.39. The van der Waals surface area contributed by atoms with Crippen LogP contribution in [-0.4, -0.2) is 25.7 Å². The van der Waals surface area contributed by atoms with Crippen molar-refractivity contribution in [2.75, 3.05) is 6.54 Å². The van der Waals surface area contributed by atoms with Crippen molar-refractivity contribution in [1.82, 2.24) is 9.71 Å². The Morgan fingerprint density at radius 2 is 1.83 bits per heavy atom. The van der Waals surface area contributed by atoms with E-state index in [0.29, 0.717) is 5.56 Å². The van der Waals surface area contributed by atoms with Gasteiger partial charge in [-0.05, 0) is 42.1 Å². The van der Waals surface area contributed by atoms with Gasteiger partial charge in [-0.25, -0.2) is 13.1 Å². The van der Waals surface area contributed by atoms with E-state index in [2.05, 4.69) is 9.71 Å². The number of aromatic nitrogens is 1. The predicted octanol–water partition coefficient (Wildman–Crippen LogP) is 4.54. The van der Waals surface area contributed by atoms with Gasteiger partial charge in [-0.2, -0.15) is 0 Å². The van der Waals surface area contributed by atoms with E-state index in [4.69, 9.17) is 0 Å². The summed E-state index contributed by atoms with van der Waals surface area (Å²) < 4.78 is 28.4. The number of sulfonamides is 1. The number of hydrogen-bond donors (Lipinski definition) is 2. The molecule has 2 heterocycles. The lowest BCUT2D eigenvalue weighted by Gasteiger charge is -2.16. The second-order valence-corrected chi connectivity index (χ2v) is 9.54. The Morgan fingerprint density at radius 1 is 1.07 bits per heavy atom. The Labute approximate surface area is 173 Å². The summed E-state index contributed by atoms with van der Waals surface area (Å²) in [6, 6.07) is 18.0. The smallest absolute Gasteiger partial charge is 0.240 e. The van der Waals surface area contributed by atoms with E-state index in [0.717, 1.165) is 21.3 Å². The molecular formula is C22H20N2O3S2. The first kappa shape index (κ1) is 19.6. The standard InChI is InChI=1S/C22H20N2O3S2/c1-15(25)16-8-10-17(11-9-16)29(26,27)24-14-20(22-7-4-12-28-22)19-13-23-21-6-3-2-5-18(19)21/h2-13,20,23-24H,14H2,1H3. The zero-order valence-electron chi connectivity index (χ0n) is 15.8. The van der Waals surface area contributed by atoms with Crippen LogP contribution in [0.3, 0.4) is 0 Å². The molecule has 2 aromatic heterocycles. The van der Waals surface area contributed by atoms with Crippen LogP contribution in [0.4, 0.5) is 0 Å². The summed E-state index contributed by atoms with van der Waals surface area (Å²) in [5.74, 6) is -0.212. The minimum atomic E-state index is -3.70. The Balaban J connectivity index is 1.63. The van der Waals surface area contributed by atoms with Crippen LogP contribution in [-0.2, 0) is 10.0 Å². The molecule has 0 aliphatic carbocycles. The highest BCUT2D eigenvalue weighted by Crippen LogP contribution is 2.33. The topological polar surface area (TPSA) is 79.0 Å². The van der Waals surface area contributed by atoms with Crippen LogP contribution in [0.15, 0.2) is 77.1 Å². The molecule has 0 spiro atoms. The monoisotopic (exact) mass is 424 g/mol. The second kappa shape index (κ2) is 7.94. The van der Waals surface area contributed by atoms with E-state index >= 15 is 0 Å². The zero-order valence-corrected chi connectivity index (χ0v) is 17.4. The van der Waals surface area contributed by atoms with Gasteiger partial charge in [-0.1, -0.05) is 36.4 Å². The number of hydrogen-bond acceptors (Lipinski definition) is 4. The van der Waals surface area contributed by atoms with Gasteiger partial charge in [0.2, 0.25) is 10.0 Å². The fourth-order valence-corrected chi connectivity index (χ4v) is 5.27. The molecule has 1 atom stereocenters. The van der Waals surface area contributed by atoms with Crippen molar-refractivity contribution in [1.29, 1.82) is 0 Å². The fourth-order valence-electron chi connectivity index (χ4n) is 3.38. The van der Waals surface area contributed by atoms with E-state index in [1.807, 2.05) is 48.0 Å². The van der Waals surface area contributed by atoms with Crippen molar-refractivity contribution in [3.8, 4) is 0 Å². The van der Waals surface area contributed by atoms with Crippen LogP contribution in [0.2, 0.25) is 0 Å². The second-order valence-electron chi connectivity index (χ2n) is 6.79. The van der Waals surface area contributed by atoms with E-state index in [1.165, 1.54) is 31.2 Å². The Kier molecular flexibility index (Phi) is 5.36. The number of carbonyl (C=O) groups is 1. The van der Waals surface area contributed by atoms with Crippen LogP contribution in [0.25, 0.3) is 10.9 Å². The maximum absolute atomic E-state index is 12.8.